The summed E-state index contributed by atoms with van der Waals surface area (Å²) < 4.78 is 10.2. The third kappa shape index (κ3) is 4.46. The first kappa shape index (κ1) is 20.0. The van der Waals surface area contributed by atoms with Crippen LogP contribution in [-0.2, 0) is 0 Å². The van der Waals surface area contributed by atoms with Gasteiger partial charge >= 0.3 is 0 Å². The van der Waals surface area contributed by atoms with Gasteiger partial charge in [0.2, 0.25) is 0 Å². The number of nitrogens with zero attached hydrogens (tertiary/aromatic N) is 2. The standard InChI is InChI=1S/C19H23N3O5/c1-5-21(6-2)14-9-7-13(8-10-14)20-19(23)15-11-17(26-3)18(27-4)12-16(15)22(24)25/h7-12H,5-6H2,1-4H3,(H,20,23). The molecule has 0 aliphatic carbocycles. The summed E-state index contributed by atoms with van der Waals surface area (Å²) in [5.41, 5.74) is 1.12. The largest absolute Gasteiger partial charge is 0.493 e. The van der Waals surface area contributed by atoms with Crippen molar-refractivity contribution < 1.29 is 19.2 Å². The number of benzene rings is 2. The fraction of sp³-hybridized carbons (Fsp3) is 0.316. The lowest BCUT2D eigenvalue weighted by Crippen LogP contribution is -2.21. The van der Waals surface area contributed by atoms with E-state index in [0.717, 1.165) is 18.8 Å². The molecular formula is C19H23N3O5. The molecule has 27 heavy (non-hydrogen) atoms. The third-order valence-corrected chi connectivity index (χ3v) is 4.20. The van der Waals surface area contributed by atoms with E-state index in [1.807, 2.05) is 12.1 Å². The number of hydrogen-bond acceptors (Lipinski definition) is 6. The number of anilines is 2. The van der Waals surface area contributed by atoms with Gasteiger partial charge in [0.05, 0.1) is 25.2 Å². The molecule has 0 fully saturated rings. The monoisotopic (exact) mass is 373 g/mol. The van der Waals surface area contributed by atoms with Gasteiger partial charge in [0, 0.05) is 30.5 Å². The van der Waals surface area contributed by atoms with Gasteiger partial charge in [-0.3, -0.25) is 14.9 Å². The summed E-state index contributed by atoms with van der Waals surface area (Å²) in [6.07, 6.45) is 0. The van der Waals surface area contributed by atoms with Crippen LogP contribution in [0.15, 0.2) is 36.4 Å². The summed E-state index contributed by atoms with van der Waals surface area (Å²) >= 11 is 0. The number of carbonyl (C=O) groups is 1. The van der Waals surface area contributed by atoms with Gasteiger partial charge in [0.25, 0.3) is 11.6 Å². The van der Waals surface area contributed by atoms with Crippen molar-refractivity contribution in [2.24, 2.45) is 0 Å². The topological polar surface area (TPSA) is 93.9 Å². The van der Waals surface area contributed by atoms with Crippen molar-refractivity contribution in [2.45, 2.75) is 13.8 Å². The van der Waals surface area contributed by atoms with E-state index in [9.17, 15) is 14.9 Å². The van der Waals surface area contributed by atoms with Crippen molar-refractivity contribution >= 4 is 23.0 Å². The number of carbonyl (C=O) groups excluding carboxylic acids is 1. The van der Waals surface area contributed by atoms with Crippen molar-refractivity contribution in [3.63, 3.8) is 0 Å². The van der Waals surface area contributed by atoms with Crippen LogP contribution in [0, 0.1) is 10.1 Å². The number of nitrogens with one attached hydrogen (secondary N) is 1. The van der Waals surface area contributed by atoms with Crippen molar-refractivity contribution in [3.05, 3.63) is 52.1 Å². The van der Waals surface area contributed by atoms with Crippen molar-refractivity contribution in [3.8, 4) is 11.5 Å². The lowest BCUT2D eigenvalue weighted by atomic mass is 10.1. The molecule has 0 atom stereocenters. The van der Waals surface area contributed by atoms with Crippen LogP contribution >= 0.6 is 0 Å². The highest BCUT2D eigenvalue weighted by atomic mass is 16.6. The molecular weight excluding hydrogens is 350 g/mol. The van der Waals surface area contributed by atoms with E-state index in [0.29, 0.717) is 5.69 Å². The molecule has 0 saturated heterocycles. The molecule has 0 heterocycles. The Hall–Kier alpha value is -3.29. The van der Waals surface area contributed by atoms with Crippen LogP contribution in [-0.4, -0.2) is 38.1 Å². The van der Waals surface area contributed by atoms with E-state index in [-0.39, 0.29) is 22.7 Å². The number of nitro benzene ring substituents is 1. The molecule has 8 nitrogen and oxygen atoms in total. The predicted molar refractivity (Wildman–Crippen MR) is 104 cm³/mol. The van der Waals surface area contributed by atoms with E-state index in [2.05, 4.69) is 24.1 Å². The quantitative estimate of drug-likeness (QED) is 0.560. The normalized spacial score (nSPS) is 10.2. The molecule has 0 bridgehead atoms. The predicted octanol–water partition coefficient (Wildman–Crippen LogP) is 3.71. The summed E-state index contributed by atoms with van der Waals surface area (Å²) in [7, 11) is 2.77. The minimum Gasteiger partial charge on any atom is -0.493 e. The van der Waals surface area contributed by atoms with Gasteiger partial charge in [-0.15, -0.1) is 0 Å². The molecule has 0 saturated carbocycles. The van der Waals surface area contributed by atoms with E-state index < -0.39 is 10.8 Å². The Kier molecular flexibility index (Phi) is 6.59. The second-order valence-electron chi connectivity index (χ2n) is 5.65. The Labute approximate surface area is 157 Å². The first-order chi connectivity index (χ1) is 12.9. The first-order valence-corrected chi connectivity index (χ1v) is 8.51. The molecule has 144 valence electrons. The molecule has 1 N–H and O–H groups in total. The average molecular weight is 373 g/mol. The Bertz CT molecular complexity index is 817. The zero-order valence-corrected chi connectivity index (χ0v) is 15.8. The SMILES string of the molecule is CCN(CC)c1ccc(NC(=O)c2cc(OC)c(OC)cc2[N+](=O)[O-])cc1. The van der Waals surface area contributed by atoms with Gasteiger partial charge in [0.15, 0.2) is 11.5 Å². The Balaban J connectivity index is 2.31. The van der Waals surface area contributed by atoms with Crippen LogP contribution in [0.2, 0.25) is 0 Å². The molecule has 0 spiro atoms. The molecule has 2 aromatic rings. The number of methoxy groups -OCH3 is 2. The van der Waals surface area contributed by atoms with Gasteiger partial charge in [-0.05, 0) is 38.1 Å². The molecule has 0 aromatic heterocycles. The van der Waals surface area contributed by atoms with E-state index in [1.165, 1.54) is 26.4 Å². The van der Waals surface area contributed by atoms with Gasteiger partial charge in [-0.1, -0.05) is 0 Å². The second-order valence-corrected chi connectivity index (χ2v) is 5.65. The maximum Gasteiger partial charge on any atom is 0.286 e. The molecule has 0 unspecified atom stereocenters. The van der Waals surface area contributed by atoms with Crippen molar-refractivity contribution in [1.29, 1.82) is 0 Å². The summed E-state index contributed by atoms with van der Waals surface area (Å²) in [6.45, 7) is 5.88. The summed E-state index contributed by atoms with van der Waals surface area (Å²) in [6, 6.07) is 9.79. The Morgan fingerprint density at radius 1 is 1.07 bits per heavy atom. The van der Waals surface area contributed by atoms with Gasteiger partial charge in [-0.2, -0.15) is 0 Å². The van der Waals surface area contributed by atoms with Crippen LogP contribution in [0.4, 0.5) is 17.1 Å². The summed E-state index contributed by atoms with van der Waals surface area (Å²) in [4.78, 5) is 25.5. The molecule has 8 heteroatoms. The molecule has 0 radical (unpaired) electrons. The number of hydrogen-bond donors (Lipinski definition) is 1. The van der Waals surface area contributed by atoms with Gasteiger partial charge < -0.3 is 19.7 Å². The number of rotatable bonds is 8. The zero-order valence-electron chi connectivity index (χ0n) is 15.8. The molecule has 1 amide bonds. The van der Waals surface area contributed by atoms with Crippen LogP contribution in [0.25, 0.3) is 0 Å². The van der Waals surface area contributed by atoms with Gasteiger partial charge in [0.1, 0.15) is 5.56 Å². The molecule has 0 aliphatic heterocycles. The van der Waals surface area contributed by atoms with Crippen LogP contribution in [0.5, 0.6) is 11.5 Å². The van der Waals surface area contributed by atoms with Crippen molar-refractivity contribution in [2.75, 3.05) is 37.5 Å². The number of amides is 1. The van der Waals surface area contributed by atoms with Crippen LogP contribution in [0.1, 0.15) is 24.2 Å². The second kappa shape index (κ2) is 8.88. The number of nitro groups is 1. The van der Waals surface area contributed by atoms with Crippen LogP contribution in [0.3, 0.4) is 0 Å². The minimum atomic E-state index is -0.625. The van der Waals surface area contributed by atoms with E-state index in [1.54, 1.807) is 12.1 Å². The lowest BCUT2D eigenvalue weighted by molar-refractivity contribution is -0.385. The maximum absolute atomic E-state index is 12.6. The fourth-order valence-electron chi connectivity index (χ4n) is 2.74. The highest BCUT2D eigenvalue weighted by Crippen LogP contribution is 2.34. The fourth-order valence-corrected chi connectivity index (χ4v) is 2.74. The molecule has 0 aliphatic rings. The maximum atomic E-state index is 12.6. The Morgan fingerprint density at radius 3 is 2.11 bits per heavy atom. The third-order valence-electron chi connectivity index (χ3n) is 4.20. The molecule has 2 aromatic carbocycles. The van der Waals surface area contributed by atoms with E-state index in [4.69, 9.17) is 9.47 Å². The summed E-state index contributed by atoms with van der Waals surface area (Å²) in [5.74, 6) is -0.173. The highest BCUT2D eigenvalue weighted by molar-refractivity contribution is 6.07. The van der Waals surface area contributed by atoms with Crippen LogP contribution < -0.4 is 19.7 Å². The summed E-state index contributed by atoms with van der Waals surface area (Å²) in [5, 5.41) is 14.0. The molecule has 2 rings (SSSR count). The number of ether oxygens (including phenoxy) is 2. The smallest absolute Gasteiger partial charge is 0.286 e. The minimum absolute atomic E-state index is 0.106. The Morgan fingerprint density at radius 2 is 1.63 bits per heavy atom. The first-order valence-electron chi connectivity index (χ1n) is 8.51. The highest BCUT2D eigenvalue weighted by Gasteiger charge is 2.24. The van der Waals surface area contributed by atoms with Crippen molar-refractivity contribution in [1.82, 2.24) is 0 Å². The van der Waals surface area contributed by atoms with Gasteiger partial charge in [-0.25, -0.2) is 0 Å². The lowest BCUT2D eigenvalue weighted by Gasteiger charge is -2.21. The zero-order chi connectivity index (χ0) is 20.0. The van der Waals surface area contributed by atoms with E-state index >= 15 is 0 Å². The average Bonchev–Trinajstić information content (AvgIpc) is 2.68.